The lowest BCUT2D eigenvalue weighted by atomic mass is 9.80. The molecule has 1 aromatic heterocycles. The van der Waals surface area contributed by atoms with Crippen molar-refractivity contribution in [2.45, 2.75) is 19.2 Å². The Morgan fingerprint density at radius 3 is 2.48 bits per heavy atom. The van der Waals surface area contributed by atoms with Crippen LogP contribution < -0.4 is 15.9 Å². The van der Waals surface area contributed by atoms with Gasteiger partial charge >= 0.3 is 19.3 Å². The molecule has 4 N–H and O–H groups in total. The van der Waals surface area contributed by atoms with E-state index in [0.29, 0.717) is 11.1 Å². The Kier molecular flexibility index (Phi) is 6.94. The van der Waals surface area contributed by atoms with Crippen molar-refractivity contribution in [3.05, 3.63) is 71.4 Å². The Hall–Kier alpha value is -3.57. The van der Waals surface area contributed by atoms with Gasteiger partial charge in [-0.2, -0.15) is 13.2 Å². The maximum absolute atomic E-state index is 13.5. The van der Waals surface area contributed by atoms with Crippen LogP contribution in [-0.2, 0) is 10.9 Å². The zero-order chi connectivity index (χ0) is 24.3. The molecule has 0 saturated heterocycles. The Balaban J connectivity index is 2.08. The summed E-state index contributed by atoms with van der Waals surface area (Å²) in [5, 5.41) is 18.8. The third-order valence-electron chi connectivity index (χ3n) is 4.94. The van der Waals surface area contributed by atoms with E-state index in [-0.39, 0.29) is 28.2 Å². The van der Waals surface area contributed by atoms with Gasteiger partial charge in [0.15, 0.2) is 0 Å². The number of nitrogens with zero attached hydrogens (tertiary/aromatic N) is 1. The summed E-state index contributed by atoms with van der Waals surface area (Å²) in [4.78, 5) is 16.2. The first-order chi connectivity index (χ1) is 15.5. The lowest BCUT2D eigenvalue weighted by molar-refractivity contribution is -0.139. The highest BCUT2D eigenvalue weighted by Crippen LogP contribution is 2.37. The second-order valence-corrected chi connectivity index (χ2v) is 7.12. The Bertz CT molecular complexity index is 1170. The van der Waals surface area contributed by atoms with Crippen molar-refractivity contribution in [2.24, 2.45) is 0 Å². The van der Waals surface area contributed by atoms with Crippen LogP contribution in [0, 0.1) is 0 Å². The van der Waals surface area contributed by atoms with Gasteiger partial charge in [-0.05, 0) is 36.8 Å². The molecule has 0 saturated carbocycles. The van der Waals surface area contributed by atoms with Crippen molar-refractivity contribution in [1.29, 1.82) is 0 Å². The van der Waals surface area contributed by atoms with Crippen molar-refractivity contribution < 1.29 is 37.5 Å². The molecule has 0 fully saturated rings. The molecule has 0 spiro atoms. The SMILES string of the molecule is COC(=O)c1ccc(-c2cc(B(O)O)cnc2N)cc1OC(C)c1ccccc1C(F)(F)F. The first-order valence-corrected chi connectivity index (χ1v) is 9.70. The largest absolute Gasteiger partial charge is 0.490 e. The summed E-state index contributed by atoms with van der Waals surface area (Å²) in [6.07, 6.45) is -4.48. The van der Waals surface area contributed by atoms with Crippen LogP contribution in [0.2, 0.25) is 0 Å². The van der Waals surface area contributed by atoms with Gasteiger partial charge in [0, 0.05) is 22.8 Å². The zero-order valence-electron chi connectivity index (χ0n) is 17.6. The van der Waals surface area contributed by atoms with E-state index in [9.17, 15) is 28.0 Å². The smallest absolute Gasteiger partial charge is 0.485 e. The summed E-state index contributed by atoms with van der Waals surface area (Å²) in [6.45, 7) is 1.43. The van der Waals surface area contributed by atoms with Gasteiger partial charge in [0.25, 0.3) is 0 Å². The minimum atomic E-state index is -4.59. The van der Waals surface area contributed by atoms with Gasteiger partial charge in [-0.1, -0.05) is 24.3 Å². The van der Waals surface area contributed by atoms with Gasteiger partial charge in [0.05, 0.1) is 12.7 Å². The summed E-state index contributed by atoms with van der Waals surface area (Å²) in [5.74, 6) is -0.733. The van der Waals surface area contributed by atoms with E-state index in [4.69, 9.17) is 15.2 Å². The van der Waals surface area contributed by atoms with Crippen molar-refractivity contribution >= 4 is 24.4 Å². The number of benzene rings is 2. The molecule has 0 aliphatic carbocycles. The number of nitrogen functional groups attached to an aromatic ring is 1. The van der Waals surface area contributed by atoms with Crippen LogP contribution in [-0.4, -0.2) is 35.2 Å². The number of pyridine rings is 1. The van der Waals surface area contributed by atoms with E-state index in [1.54, 1.807) is 0 Å². The number of hydrogen-bond acceptors (Lipinski definition) is 7. The van der Waals surface area contributed by atoms with Crippen molar-refractivity contribution in [3.8, 4) is 16.9 Å². The number of alkyl halides is 3. The fraction of sp³-hybridized carbons (Fsp3) is 0.182. The quantitative estimate of drug-likeness (QED) is 0.383. The minimum Gasteiger partial charge on any atom is -0.485 e. The second kappa shape index (κ2) is 9.51. The first kappa shape index (κ1) is 24.1. The predicted octanol–water partition coefficient (Wildman–Crippen LogP) is 2.96. The monoisotopic (exact) mass is 460 g/mol. The molecule has 1 unspecified atom stereocenters. The van der Waals surface area contributed by atoms with Crippen LogP contribution in [0.1, 0.15) is 34.5 Å². The molecule has 0 aliphatic heterocycles. The molecule has 33 heavy (non-hydrogen) atoms. The Labute approximate surface area is 187 Å². The summed E-state index contributed by atoms with van der Waals surface area (Å²) in [5.41, 5.74) is 5.72. The van der Waals surface area contributed by atoms with E-state index in [1.165, 1.54) is 55.6 Å². The lowest BCUT2D eigenvalue weighted by Gasteiger charge is -2.21. The van der Waals surface area contributed by atoms with Gasteiger partial charge < -0.3 is 25.3 Å². The predicted molar refractivity (Wildman–Crippen MR) is 116 cm³/mol. The Morgan fingerprint density at radius 1 is 1.15 bits per heavy atom. The van der Waals surface area contributed by atoms with E-state index in [1.807, 2.05) is 0 Å². The van der Waals surface area contributed by atoms with Gasteiger partial charge in [0.1, 0.15) is 23.2 Å². The summed E-state index contributed by atoms with van der Waals surface area (Å²) < 4.78 is 50.9. The number of halogens is 3. The van der Waals surface area contributed by atoms with Crippen LogP contribution >= 0.6 is 0 Å². The number of hydrogen-bond donors (Lipinski definition) is 3. The molecule has 3 aromatic rings. The van der Waals surface area contributed by atoms with Crippen LogP contribution in [0.25, 0.3) is 11.1 Å². The molecular weight excluding hydrogens is 440 g/mol. The van der Waals surface area contributed by atoms with E-state index < -0.39 is 30.9 Å². The minimum absolute atomic E-state index is 0.0116. The van der Waals surface area contributed by atoms with E-state index in [0.717, 1.165) is 13.2 Å². The molecule has 0 radical (unpaired) electrons. The van der Waals surface area contributed by atoms with Crippen LogP contribution in [0.5, 0.6) is 5.75 Å². The standard InChI is InChI=1S/C22H20BF3N2O5/c1-12(15-5-3-4-6-18(15)22(24,25)26)33-19-9-13(7-8-16(19)21(29)32-2)17-10-14(23(30)31)11-28-20(17)27/h3-12,30-31H,1-2H3,(H2,27,28). The molecule has 0 bridgehead atoms. The number of esters is 1. The summed E-state index contributed by atoms with van der Waals surface area (Å²) >= 11 is 0. The Morgan fingerprint density at radius 2 is 1.85 bits per heavy atom. The molecular formula is C22H20BF3N2O5. The fourth-order valence-corrected chi connectivity index (χ4v) is 3.29. The summed E-state index contributed by atoms with van der Waals surface area (Å²) in [6, 6.07) is 10.7. The van der Waals surface area contributed by atoms with Crippen LogP contribution in [0.4, 0.5) is 19.0 Å². The number of methoxy groups -OCH3 is 1. The molecule has 0 aliphatic rings. The molecule has 3 rings (SSSR count). The second-order valence-electron chi connectivity index (χ2n) is 7.12. The highest BCUT2D eigenvalue weighted by atomic mass is 19.4. The van der Waals surface area contributed by atoms with Gasteiger partial charge in [-0.15, -0.1) is 0 Å². The highest BCUT2D eigenvalue weighted by molar-refractivity contribution is 6.58. The average Bonchev–Trinajstić information content (AvgIpc) is 2.78. The van der Waals surface area contributed by atoms with Crippen LogP contribution in [0.3, 0.4) is 0 Å². The van der Waals surface area contributed by atoms with E-state index >= 15 is 0 Å². The maximum atomic E-state index is 13.5. The third kappa shape index (κ3) is 5.26. The molecule has 0 amide bonds. The lowest BCUT2D eigenvalue weighted by Crippen LogP contribution is -2.30. The molecule has 11 heteroatoms. The van der Waals surface area contributed by atoms with Gasteiger partial charge in [-0.3, -0.25) is 0 Å². The van der Waals surface area contributed by atoms with Crippen molar-refractivity contribution in [1.82, 2.24) is 4.98 Å². The number of aromatic nitrogens is 1. The number of rotatable bonds is 6. The highest BCUT2D eigenvalue weighted by Gasteiger charge is 2.35. The van der Waals surface area contributed by atoms with E-state index in [2.05, 4.69) is 4.98 Å². The molecule has 172 valence electrons. The summed E-state index contributed by atoms with van der Waals surface area (Å²) in [7, 11) is -0.628. The number of carbonyl (C=O) groups is 1. The number of carbonyl (C=O) groups excluding carboxylic acids is 1. The molecule has 1 atom stereocenters. The number of ether oxygens (including phenoxy) is 2. The first-order valence-electron chi connectivity index (χ1n) is 9.70. The molecule has 1 heterocycles. The van der Waals surface area contributed by atoms with Gasteiger partial charge in [0.2, 0.25) is 0 Å². The zero-order valence-corrected chi connectivity index (χ0v) is 17.6. The average molecular weight is 460 g/mol. The van der Waals surface area contributed by atoms with Crippen LogP contribution in [0.15, 0.2) is 54.7 Å². The van der Waals surface area contributed by atoms with Gasteiger partial charge in [-0.25, -0.2) is 9.78 Å². The van der Waals surface area contributed by atoms with Crippen molar-refractivity contribution in [2.75, 3.05) is 12.8 Å². The third-order valence-corrected chi connectivity index (χ3v) is 4.94. The fourth-order valence-electron chi connectivity index (χ4n) is 3.29. The van der Waals surface area contributed by atoms with Crippen molar-refractivity contribution in [3.63, 3.8) is 0 Å². The molecule has 2 aromatic carbocycles. The number of anilines is 1. The maximum Gasteiger partial charge on any atom is 0.490 e. The molecule has 7 nitrogen and oxygen atoms in total. The number of nitrogens with two attached hydrogens (primary N) is 1. The topological polar surface area (TPSA) is 115 Å². The normalized spacial score (nSPS) is 12.2.